The summed E-state index contributed by atoms with van der Waals surface area (Å²) in [6.07, 6.45) is 3.50. The van der Waals surface area contributed by atoms with E-state index in [2.05, 4.69) is 48.6 Å². The molecule has 31 heavy (non-hydrogen) atoms. The van der Waals surface area contributed by atoms with Crippen LogP contribution in [0.3, 0.4) is 0 Å². The van der Waals surface area contributed by atoms with Crippen LogP contribution in [0.1, 0.15) is 65.9 Å². The normalized spacial score (nSPS) is 27.6. The number of hydrogen-bond donors (Lipinski definition) is 0. The molecule has 0 saturated carbocycles. The third-order valence-electron chi connectivity index (χ3n) is 6.13. The smallest absolute Gasteiger partial charge is 0.311 e. The van der Waals surface area contributed by atoms with Crippen LogP contribution >= 0.6 is 34.2 Å². The number of ether oxygens (including phenoxy) is 3. The highest BCUT2D eigenvalue weighted by atomic mass is 127. The van der Waals surface area contributed by atoms with Gasteiger partial charge in [-0.1, -0.05) is 52.9 Å². The fourth-order valence-electron chi connectivity index (χ4n) is 3.92. The second-order valence-electron chi connectivity index (χ2n) is 10.1. The topological polar surface area (TPSA) is 44.8 Å². The Bertz CT molecular complexity index is 693. The average Bonchev–Trinajstić information content (AvgIpc) is 2.72. The van der Waals surface area contributed by atoms with E-state index in [0.29, 0.717) is 19.8 Å². The second kappa shape index (κ2) is 11.7. The molecule has 1 unspecified atom stereocenters. The van der Waals surface area contributed by atoms with Gasteiger partial charge in [-0.3, -0.25) is 4.79 Å². The molecule has 4 nitrogen and oxygen atoms in total. The Morgan fingerprint density at radius 2 is 1.97 bits per heavy atom. The molecule has 0 radical (unpaired) electrons. The monoisotopic (exact) mass is 564 g/mol. The molecule has 176 valence electrons. The van der Waals surface area contributed by atoms with Crippen molar-refractivity contribution >= 4 is 40.2 Å². The number of rotatable bonds is 10. The Labute approximate surface area is 206 Å². The summed E-state index contributed by atoms with van der Waals surface area (Å²) in [6.45, 7) is 11.5. The fraction of sp³-hybridized carbons (Fsp3) is 0.720. The van der Waals surface area contributed by atoms with E-state index in [1.165, 1.54) is 5.56 Å². The average molecular weight is 565 g/mol. The molecule has 6 heteroatoms. The molecule has 0 aromatic heterocycles. The molecule has 0 bridgehead atoms. The molecule has 1 aromatic rings. The molecule has 1 aliphatic rings. The highest BCUT2D eigenvalue weighted by Crippen LogP contribution is 2.44. The molecule has 0 aliphatic carbocycles. The van der Waals surface area contributed by atoms with Crippen LogP contribution in [-0.4, -0.2) is 40.2 Å². The van der Waals surface area contributed by atoms with E-state index in [1.54, 1.807) is 0 Å². The zero-order valence-corrected chi connectivity index (χ0v) is 22.5. The lowest BCUT2D eigenvalue weighted by Crippen LogP contribution is -2.56. The van der Waals surface area contributed by atoms with Crippen molar-refractivity contribution in [3.8, 4) is 0 Å². The first-order valence-electron chi connectivity index (χ1n) is 11.2. The maximum atomic E-state index is 12.4. The number of esters is 1. The predicted molar refractivity (Wildman–Crippen MR) is 135 cm³/mol. The number of alkyl halides is 2. The lowest BCUT2D eigenvalue weighted by Gasteiger charge is -2.50. The van der Waals surface area contributed by atoms with Gasteiger partial charge in [0, 0.05) is 17.0 Å². The minimum absolute atomic E-state index is 0.00976. The van der Waals surface area contributed by atoms with Crippen molar-refractivity contribution in [1.82, 2.24) is 0 Å². The summed E-state index contributed by atoms with van der Waals surface area (Å²) in [5, 5.41) is -0.00976. The molecule has 1 fully saturated rings. The summed E-state index contributed by atoms with van der Waals surface area (Å²) in [5.41, 5.74) is -0.115. The summed E-state index contributed by atoms with van der Waals surface area (Å²) in [5.74, 6) is -0.0883. The molecule has 1 saturated heterocycles. The quantitative estimate of drug-likeness (QED) is 0.140. The number of halogens is 2. The molecule has 0 N–H and O–H groups in total. The van der Waals surface area contributed by atoms with Gasteiger partial charge in [-0.05, 0) is 65.9 Å². The zero-order chi connectivity index (χ0) is 23.1. The van der Waals surface area contributed by atoms with Gasteiger partial charge in [-0.15, -0.1) is 11.6 Å². The van der Waals surface area contributed by atoms with Crippen molar-refractivity contribution in [2.45, 2.75) is 83.5 Å². The van der Waals surface area contributed by atoms with Crippen LogP contribution in [0.2, 0.25) is 0 Å². The summed E-state index contributed by atoms with van der Waals surface area (Å²) in [4.78, 5) is 12.4. The van der Waals surface area contributed by atoms with Gasteiger partial charge in [0.1, 0.15) is 0 Å². The molecule has 1 heterocycles. The molecular weight excluding hydrogens is 527 g/mol. The highest BCUT2D eigenvalue weighted by molar-refractivity contribution is 14.1. The fourth-order valence-corrected chi connectivity index (χ4v) is 5.10. The van der Waals surface area contributed by atoms with Gasteiger partial charge in [0.05, 0.1) is 35.2 Å². The third-order valence-corrected chi connectivity index (χ3v) is 8.33. The first-order chi connectivity index (χ1) is 14.5. The number of carbonyl (C=O) groups excluding carboxylic acids is 1. The Morgan fingerprint density at radius 1 is 1.29 bits per heavy atom. The van der Waals surface area contributed by atoms with Crippen molar-refractivity contribution in [2.75, 3.05) is 17.6 Å². The van der Waals surface area contributed by atoms with Gasteiger partial charge < -0.3 is 14.2 Å². The standard InChI is InChI=1S/C25H38ClIO4/c1-23(2,3)22(28)30-17-20(12-9-15-29-16-19-10-7-6-8-11-19)24(4)14-13-21(26)25(5,18-27)31-24/h6-8,10-11,20-21H,9,12-18H2,1-5H3/t20-,21-,24+,25?/m0/s1. The van der Waals surface area contributed by atoms with Crippen LogP contribution < -0.4 is 0 Å². The van der Waals surface area contributed by atoms with Crippen LogP contribution in [0.5, 0.6) is 0 Å². The van der Waals surface area contributed by atoms with E-state index in [-0.39, 0.29) is 28.5 Å². The first-order valence-corrected chi connectivity index (χ1v) is 13.2. The number of hydrogen-bond acceptors (Lipinski definition) is 4. The molecule has 4 atom stereocenters. The van der Waals surface area contributed by atoms with Gasteiger partial charge in [-0.2, -0.15) is 0 Å². The zero-order valence-electron chi connectivity index (χ0n) is 19.6. The Kier molecular flexibility index (Phi) is 10.1. The van der Waals surface area contributed by atoms with E-state index < -0.39 is 5.41 Å². The molecular formula is C25H38ClIO4. The first kappa shape index (κ1) is 26.9. The van der Waals surface area contributed by atoms with Crippen LogP contribution in [0.25, 0.3) is 0 Å². The minimum Gasteiger partial charge on any atom is -0.465 e. The summed E-state index contributed by atoms with van der Waals surface area (Å²) in [7, 11) is 0. The van der Waals surface area contributed by atoms with Gasteiger partial charge in [0.15, 0.2) is 0 Å². The molecule has 1 aromatic carbocycles. The van der Waals surface area contributed by atoms with Crippen molar-refractivity contribution in [3.63, 3.8) is 0 Å². The van der Waals surface area contributed by atoms with Gasteiger partial charge >= 0.3 is 5.97 Å². The Hall–Kier alpha value is -0.370. The Morgan fingerprint density at radius 3 is 2.58 bits per heavy atom. The van der Waals surface area contributed by atoms with Crippen molar-refractivity contribution in [2.24, 2.45) is 11.3 Å². The molecule has 1 aliphatic heterocycles. The lowest BCUT2D eigenvalue weighted by molar-refractivity contribution is -0.197. The largest absolute Gasteiger partial charge is 0.465 e. The van der Waals surface area contributed by atoms with E-state index in [0.717, 1.165) is 30.1 Å². The molecule has 2 rings (SSSR count). The lowest BCUT2D eigenvalue weighted by atomic mass is 9.77. The number of carbonyl (C=O) groups is 1. The van der Waals surface area contributed by atoms with Crippen molar-refractivity contribution in [1.29, 1.82) is 0 Å². The van der Waals surface area contributed by atoms with E-state index >= 15 is 0 Å². The van der Waals surface area contributed by atoms with E-state index in [4.69, 9.17) is 25.8 Å². The van der Waals surface area contributed by atoms with Crippen LogP contribution in [0, 0.1) is 11.3 Å². The maximum absolute atomic E-state index is 12.4. The second-order valence-corrected chi connectivity index (χ2v) is 11.4. The summed E-state index contributed by atoms with van der Waals surface area (Å²) < 4.78 is 19.1. The molecule has 0 spiro atoms. The SMILES string of the molecule is CC(C)(C)C(=O)OC[C@H](CCCOCc1ccccc1)[C@@]1(C)CC[C@H](Cl)C(C)(CI)O1. The van der Waals surface area contributed by atoms with E-state index in [9.17, 15) is 4.79 Å². The van der Waals surface area contributed by atoms with Crippen molar-refractivity contribution < 1.29 is 19.0 Å². The third kappa shape index (κ3) is 7.86. The van der Waals surface area contributed by atoms with Gasteiger partial charge in [0.2, 0.25) is 0 Å². The van der Waals surface area contributed by atoms with Crippen LogP contribution in [0.15, 0.2) is 30.3 Å². The summed E-state index contributed by atoms with van der Waals surface area (Å²) in [6, 6.07) is 10.2. The van der Waals surface area contributed by atoms with Crippen LogP contribution in [-0.2, 0) is 25.6 Å². The van der Waals surface area contributed by atoms with Crippen LogP contribution in [0.4, 0.5) is 0 Å². The minimum atomic E-state index is -0.518. The van der Waals surface area contributed by atoms with Gasteiger partial charge in [0.25, 0.3) is 0 Å². The maximum Gasteiger partial charge on any atom is 0.311 e. The highest BCUT2D eigenvalue weighted by Gasteiger charge is 2.49. The summed E-state index contributed by atoms with van der Waals surface area (Å²) >= 11 is 8.96. The van der Waals surface area contributed by atoms with E-state index in [1.807, 2.05) is 39.0 Å². The van der Waals surface area contributed by atoms with Gasteiger partial charge in [-0.25, -0.2) is 0 Å². The molecule has 0 amide bonds. The predicted octanol–water partition coefficient (Wildman–Crippen LogP) is 6.56. The van der Waals surface area contributed by atoms with Crippen molar-refractivity contribution in [3.05, 3.63) is 35.9 Å². The number of benzene rings is 1. The Balaban J connectivity index is 1.99.